The van der Waals surface area contributed by atoms with Crippen LogP contribution in [0.4, 0.5) is 4.39 Å². The van der Waals surface area contributed by atoms with Crippen molar-refractivity contribution >= 4 is 38.4 Å². The zero-order valence-corrected chi connectivity index (χ0v) is 21.2. The summed E-state index contributed by atoms with van der Waals surface area (Å²) in [6.45, 7) is 0.386. The zero-order valence-electron chi connectivity index (χ0n) is 20.4. The topological polar surface area (TPSA) is 169 Å². The smallest absolute Gasteiger partial charge is 0.408 e. The molecule has 1 aliphatic rings. The fourth-order valence-electron chi connectivity index (χ4n) is 4.69. The third kappa shape index (κ3) is 5.30. The van der Waals surface area contributed by atoms with Gasteiger partial charge in [0.2, 0.25) is 0 Å². The number of rotatable bonds is 7. The van der Waals surface area contributed by atoms with Crippen LogP contribution in [0, 0.1) is 11.7 Å². The first-order valence-corrected chi connectivity index (χ1v) is 14.0. The van der Waals surface area contributed by atoms with Crippen molar-refractivity contribution in [1.29, 1.82) is 0 Å². The number of benzene rings is 1. The van der Waals surface area contributed by atoms with Crippen LogP contribution in [0.5, 0.6) is 0 Å². The van der Waals surface area contributed by atoms with Gasteiger partial charge in [0.05, 0.1) is 17.0 Å². The standard InChI is InChI=1S/C24H25FN6O6S/c1-38(35,36)15-5-2-13(3-6-15)10-27-23(33)19-9-18(29-21-16(25)12-28-31(19)21)22(32)26-11-14-4-7-20-17(8-14)30-24(34)37-20/h4,7-9,12-13,15H,2-3,5-6,10-11H2,1H3,(H,26,32)(H,27,33)(H,30,34). The van der Waals surface area contributed by atoms with Crippen LogP contribution in [-0.2, 0) is 16.4 Å². The van der Waals surface area contributed by atoms with Crippen LogP contribution in [-0.4, -0.2) is 57.9 Å². The molecule has 0 saturated heterocycles. The van der Waals surface area contributed by atoms with Crippen molar-refractivity contribution < 1.29 is 26.8 Å². The average molecular weight is 545 g/mol. The van der Waals surface area contributed by atoms with Crippen LogP contribution >= 0.6 is 0 Å². The van der Waals surface area contributed by atoms with Crippen LogP contribution in [0.3, 0.4) is 0 Å². The van der Waals surface area contributed by atoms with Crippen molar-refractivity contribution in [3.05, 3.63) is 63.8 Å². The maximum atomic E-state index is 14.3. The fraction of sp³-hybridized carbons (Fsp3) is 0.375. The van der Waals surface area contributed by atoms with E-state index in [0.29, 0.717) is 48.9 Å². The van der Waals surface area contributed by atoms with Crippen molar-refractivity contribution in [2.45, 2.75) is 37.5 Å². The molecular weight excluding hydrogens is 519 g/mol. The lowest BCUT2D eigenvalue weighted by molar-refractivity contribution is 0.0935. The molecule has 0 bridgehead atoms. The summed E-state index contributed by atoms with van der Waals surface area (Å²) in [5, 5.41) is 8.99. The quantitative estimate of drug-likeness (QED) is 0.315. The lowest BCUT2D eigenvalue weighted by atomic mass is 9.89. The molecule has 3 heterocycles. The molecule has 1 fully saturated rings. The van der Waals surface area contributed by atoms with Crippen LogP contribution < -0.4 is 16.4 Å². The average Bonchev–Trinajstić information content (AvgIpc) is 3.45. The molecule has 14 heteroatoms. The maximum absolute atomic E-state index is 14.3. The van der Waals surface area contributed by atoms with E-state index >= 15 is 0 Å². The predicted octanol–water partition coefficient (Wildman–Crippen LogP) is 1.57. The molecule has 3 N–H and O–H groups in total. The third-order valence-electron chi connectivity index (χ3n) is 6.78. The Morgan fingerprint density at radius 2 is 1.92 bits per heavy atom. The number of hydrogen-bond acceptors (Lipinski definition) is 8. The molecule has 1 aliphatic carbocycles. The number of H-pyrrole nitrogens is 1. The highest BCUT2D eigenvalue weighted by Crippen LogP contribution is 2.28. The molecule has 4 aromatic rings. The van der Waals surface area contributed by atoms with E-state index in [4.69, 9.17) is 4.42 Å². The Morgan fingerprint density at radius 3 is 2.66 bits per heavy atom. The molecule has 1 saturated carbocycles. The first-order valence-electron chi connectivity index (χ1n) is 12.0. The van der Waals surface area contributed by atoms with Crippen molar-refractivity contribution in [3.8, 4) is 0 Å². The van der Waals surface area contributed by atoms with E-state index in [9.17, 15) is 27.2 Å². The lowest BCUT2D eigenvalue weighted by Crippen LogP contribution is -2.35. The van der Waals surface area contributed by atoms with Crippen molar-refractivity contribution in [1.82, 2.24) is 30.2 Å². The van der Waals surface area contributed by atoms with E-state index in [0.717, 1.165) is 10.7 Å². The minimum absolute atomic E-state index is 0.0636. The minimum atomic E-state index is -3.09. The highest BCUT2D eigenvalue weighted by Gasteiger charge is 2.28. The molecule has 0 aliphatic heterocycles. The third-order valence-corrected chi connectivity index (χ3v) is 8.46. The van der Waals surface area contributed by atoms with E-state index in [1.807, 2.05) is 0 Å². The van der Waals surface area contributed by atoms with Gasteiger partial charge in [-0.15, -0.1) is 0 Å². The van der Waals surface area contributed by atoms with Gasteiger partial charge in [0.25, 0.3) is 11.8 Å². The molecule has 2 amide bonds. The predicted molar refractivity (Wildman–Crippen MR) is 134 cm³/mol. The van der Waals surface area contributed by atoms with Crippen molar-refractivity contribution in [3.63, 3.8) is 0 Å². The van der Waals surface area contributed by atoms with Crippen molar-refractivity contribution in [2.75, 3.05) is 12.8 Å². The van der Waals surface area contributed by atoms with Crippen LogP contribution in [0.15, 0.2) is 39.7 Å². The number of amides is 2. The maximum Gasteiger partial charge on any atom is 0.417 e. The summed E-state index contributed by atoms with van der Waals surface area (Å²) in [5.41, 5.74) is 1.02. The number of sulfone groups is 1. The molecule has 0 spiro atoms. The lowest BCUT2D eigenvalue weighted by Gasteiger charge is -2.27. The Bertz CT molecular complexity index is 1700. The Morgan fingerprint density at radius 1 is 1.16 bits per heavy atom. The summed E-state index contributed by atoms with van der Waals surface area (Å²) in [4.78, 5) is 43.8. The van der Waals surface area contributed by atoms with E-state index in [1.54, 1.807) is 18.2 Å². The Balaban J connectivity index is 1.28. The monoisotopic (exact) mass is 544 g/mol. The molecule has 0 radical (unpaired) electrons. The van der Waals surface area contributed by atoms with Gasteiger partial charge >= 0.3 is 5.76 Å². The Labute approximate surface area is 215 Å². The summed E-state index contributed by atoms with van der Waals surface area (Å²) in [5.74, 6) is -2.47. The number of nitrogens with one attached hydrogen (secondary N) is 3. The second kappa shape index (κ2) is 10.0. The molecule has 5 rings (SSSR count). The molecule has 38 heavy (non-hydrogen) atoms. The number of halogens is 1. The SMILES string of the molecule is CS(=O)(=O)C1CCC(CNC(=O)c2cc(C(=O)NCc3ccc4oc(=O)[nH]c4c3)nc3c(F)cnn23)CC1. The number of aromatic nitrogens is 4. The van der Waals surface area contributed by atoms with E-state index < -0.39 is 33.2 Å². The minimum Gasteiger partial charge on any atom is -0.408 e. The molecule has 200 valence electrons. The van der Waals surface area contributed by atoms with Gasteiger partial charge in [-0.05, 0) is 49.3 Å². The fourth-order valence-corrected chi connectivity index (χ4v) is 5.82. The van der Waals surface area contributed by atoms with Crippen molar-refractivity contribution in [2.24, 2.45) is 5.92 Å². The normalized spacial score (nSPS) is 18.1. The summed E-state index contributed by atoms with van der Waals surface area (Å²) in [6, 6.07) is 6.16. The summed E-state index contributed by atoms with van der Waals surface area (Å²) in [6.07, 6.45) is 4.55. The summed E-state index contributed by atoms with van der Waals surface area (Å²) < 4.78 is 43.9. The molecule has 3 aromatic heterocycles. The summed E-state index contributed by atoms with van der Waals surface area (Å²) in [7, 11) is -3.09. The first-order chi connectivity index (χ1) is 18.1. The van der Waals surface area contributed by atoms with Crippen LogP contribution in [0.25, 0.3) is 16.7 Å². The van der Waals surface area contributed by atoms with E-state index in [1.165, 1.54) is 12.3 Å². The molecule has 0 unspecified atom stereocenters. The zero-order chi connectivity index (χ0) is 27.0. The van der Waals surface area contributed by atoms with Gasteiger partial charge in [-0.3, -0.25) is 14.6 Å². The van der Waals surface area contributed by atoms with Gasteiger partial charge in [0.15, 0.2) is 17.0 Å². The number of carbonyl (C=O) groups is 2. The van der Waals surface area contributed by atoms with Gasteiger partial charge in [-0.1, -0.05) is 6.07 Å². The Hall–Kier alpha value is -4.07. The van der Waals surface area contributed by atoms with Gasteiger partial charge < -0.3 is 15.1 Å². The molecule has 1 aromatic carbocycles. The van der Waals surface area contributed by atoms with E-state index in [-0.39, 0.29) is 34.7 Å². The highest BCUT2D eigenvalue weighted by molar-refractivity contribution is 7.91. The molecule has 0 atom stereocenters. The van der Waals surface area contributed by atoms with Gasteiger partial charge in [-0.25, -0.2) is 27.1 Å². The van der Waals surface area contributed by atoms with Gasteiger partial charge in [-0.2, -0.15) is 5.10 Å². The second-order valence-electron chi connectivity index (χ2n) is 9.46. The number of oxazole rings is 1. The molecular formula is C24H25FN6O6S. The number of hydrogen-bond donors (Lipinski definition) is 3. The number of fused-ring (bicyclic) bond motifs is 2. The Kier molecular flexibility index (Phi) is 6.73. The first kappa shape index (κ1) is 25.6. The van der Waals surface area contributed by atoms with Crippen LogP contribution in [0.2, 0.25) is 0 Å². The van der Waals surface area contributed by atoms with Gasteiger partial charge in [0.1, 0.15) is 21.2 Å². The van der Waals surface area contributed by atoms with Gasteiger partial charge in [0, 0.05) is 25.4 Å². The van der Waals surface area contributed by atoms with Crippen LogP contribution in [0.1, 0.15) is 52.2 Å². The molecule has 12 nitrogen and oxygen atoms in total. The number of nitrogens with zero attached hydrogens (tertiary/aromatic N) is 3. The summed E-state index contributed by atoms with van der Waals surface area (Å²) >= 11 is 0. The number of aromatic amines is 1. The highest BCUT2D eigenvalue weighted by atomic mass is 32.2. The number of carbonyl (C=O) groups excluding carboxylic acids is 2. The van der Waals surface area contributed by atoms with E-state index in [2.05, 4.69) is 25.7 Å². The second-order valence-corrected chi connectivity index (χ2v) is 11.8. The largest absolute Gasteiger partial charge is 0.417 e.